The van der Waals surface area contributed by atoms with Crippen LogP contribution in [0.4, 0.5) is 0 Å². The summed E-state index contributed by atoms with van der Waals surface area (Å²) in [5, 5.41) is 8.21. The Bertz CT molecular complexity index is 496. The largest absolute Gasteiger partial charge is 0.385 e. The van der Waals surface area contributed by atoms with Crippen LogP contribution >= 0.6 is 0 Å². The first-order valence-electron chi connectivity index (χ1n) is 5.64. The van der Waals surface area contributed by atoms with Gasteiger partial charge in [0.15, 0.2) is 11.5 Å². The molecule has 1 atom stereocenters. The number of methoxy groups -OCH3 is 1. The second-order valence-electron chi connectivity index (χ2n) is 4.06. The standard InChI is InChI=1S/C11H17N5O/c1-8-6-10-14-15-11(16(10)7-13-8)9(12)4-3-5-17-2/h6-7,9H,3-5,12H2,1-2H3. The van der Waals surface area contributed by atoms with E-state index in [0.717, 1.165) is 30.0 Å². The van der Waals surface area contributed by atoms with Crippen molar-refractivity contribution in [1.82, 2.24) is 19.6 Å². The molecule has 92 valence electrons. The molecule has 0 aromatic carbocycles. The average Bonchev–Trinajstić information content (AvgIpc) is 2.72. The fraction of sp³-hybridized carbons (Fsp3) is 0.545. The Morgan fingerprint density at radius 3 is 3.06 bits per heavy atom. The van der Waals surface area contributed by atoms with Crippen LogP contribution in [0.25, 0.3) is 5.65 Å². The number of ether oxygens (including phenoxy) is 1. The SMILES string of the molecule is COCCCC(N)c1nnc2cc(C)ncn12. The lowest BCUT2D eigenvalue weighted by atomic mass is 10.1. The van der Waals surface area contributed by atoms with E-state index >= 15 is 0 Å². The molecule has 6 heteroatoms. The van der Waals surface area contributed by atoms with Crippen LogP contribution in [-0.2, 0) is 4.74 Å². The molecule has 17 heavy (non-hydrogen) atoms. The van der Waals surface area contributed by atoms with Crippen LogP contribution in [0.5, 0.6) is 0 Å². The van der Waals surface area contributed by atoms with Gasteiger partial charge >= 0.3 is 0 Å². The highest BCUT2D eigenvalue weighted by Crippen LogP contribution is 2.14. The molecule has 0 fully saturated rings. The van der Waals surface area contributed by atoms with Crippen molar-refractivity contribution in [3.63, 3.8) is 0 Å². The molecule has 0 saturated heterocycles. The second-order valence-corrected chi connectivity index (χ2v) is 4.06. The first kappa shape index (κ1) is 11.9. The maximum Gasteiger partial charge on any atom is 0.163 e. The van der Waals surface area contributed by atoms with Gasteiger partial charge in [0.2, 0.25) is 0 Å². The Hall–Kier alpha value is -1.53. The quantitative estimate of drug-likeness (QED) is 0.778. The third-order valence-electron chi connectivity index (χ3n) is 2.66. The predicted octanol–water partition coefficient (Wildman–Crippen LogP) is 0.859. The van der Waals surface area contributed by atoms with Gasteiger partial charge in [0.25, 0.3) is 0 Å². The molecule has 2 aromatic rings. The van der Waals surface area contributed by atoms with Gasteiger partial charge < -0.3 is 10.5 Å². The summed E-state index contributed by atoms with van der Waals surface area (Å²) in [6, 6.07) is 1.75. The Kier molecular flexibility index (Phi) is 3.65. The lowest BCUT2D eigenvalue weighted by Gasteiger charge is -2.09. The number of nitrogens with two attached hydrogens (primary N) is 1. The molecule has 2 aromatic heterocycles. The van der Waals surface area contributed by atoms with E-state index in [-0.39, 0.29) is 6.04 Å². The van der Waals surface area contributed by atoms with Crippen molar-refractivity contribution in [1.29, 1.82) is 0 Å². The van der Waals surface area contributed by atoms with Gasteiger partial charge in [0, 0.05) is 25.5 Å². The lowest BCUT2D eigenvalue weighted by Crippen LogP contribution is -2.15. The van der Waals surface area contributed by atoms with Crippen molar-refractivity contribution < 1.29 is 4.74 Å². The summed E-state index contributed by atoms with van der Waals surface area (Å²) >= 11 is 0. The number of hydrogen-bond donors (Lipinski definition) is 1. The van der Waals surface area contributed by atoms with Gasteiger partial charge in [-0.15, -0.1) is 10.2 Å². The number of aryl methyl sites for hydroxylation is 1. The van der Waals surface area contributed by atoms with Gasteiger partial charge in [-0.2, -0.15) is 0 Å². The molecule has 0 aliphatic rings. The van der Waals surface area contributed by atoms with E-state index in [1.807, 2.05) is 17.4 Å². The summed E-state index contributed by atoms with van der Waals surface area (Å²) in [4.78, 5) is 4.22. The van der Waals surface area contributed by atoms with Gasteiger partial charge in [-0.05, 0) is 19.8 Å². The fourth-order valence-electron chi connectivity index (χ4n) is 1.74. The van der Waals surface area contributed by atoms with Crippen LogP contribution in [0.3, 0.4) is 0 Å². The summed E-state index contributed by atoms with van der Waals surface area (Å²) in [5.41, 5.74) is 7.79. The highest BCUT2D eigenvalue weighted by Gasteiger charge is 2.13. The molecular formula is C11H17N5O. The highest BCUT2D eigenvalue weighted by atomic mass is 16.5. The molecule has 2 rings (SSSR count). The molecule has 2 N–H and O–H groups in total. The van der Waals surface area contributed by atoms with Gasteiger partial charge in [-0.25, -0.2) is 4.98 Å². The molecular weight excluding hydrogens is 218 g/mol. The van der Waals surface area contributed by atoms with Crippen LogP contribution in [-0.4, -0.2) is 33.3 Å². The number of nitrogens with zero attached hydrogens (tertiary/aromatic N) is 4. The minimum Gasteiger partial charge on any atom is -0.385 e. The summed E-state index contributed by atoms with van der Waals surface area (Å²) in [5.74, 6) is 0.753. The molecule has 0 amide bonds. The van der Waals surface area contributed by atoms with Crippen molar-refractivity contribution in [2.24, 2.45) is 5.73 Å². The summed E-state index contributed by atoms with van der Waals surface area (Å²) in [6.07, 6.45) is 3.45. The second kappa shape index (κ2) is 5.20. The van der Waals surface area contributed by atoms with Crippen molar-refractivity contribution in [2.75, 3.05) is 13.7 Å². The van der Waals surface area contributed by atoms with Crippen LogP contribution < -0.4 is 5.73 Å². The third kappa shape index (κ3) is 2.59. The minimum atomic E-state index is -0.135. The van der Waals surface area contributed by atoms with E-state index < -0.39 is 0 Å². The van der Waals surface area contributed by atoms with E-state index in [1.165, 1.54) is 0 Å². The van der Waals surface area contributed by atoms with Crippen molar-refractivity contribution in [3.05, 3.63) is 23.9 Å². The Labute approximate surface area is 99.8 Å². The molecule has 0 spiro atoms. The zero-order valence-corrected chi connectivity index (χ0v) is 10.1. The Morgan fingerprint density at radius 1 is 1.47 bits per heavy atom. The maximum absolute atomic E-state index is 6.08. The normalized spacial score (nSPS) is 13.1. The highest BCUT2D eigenvalue weighted by molar-refractivity contribution is 5.38. The zero-order valence-electron chi connectivity index (χ0n) is 10.1. The molecule has 0 bridgehead atoms. The average molecular weight is 235 g/mol. The Morgan fingerprint density at radius 2 is 2.29 bits per heavy atom. The van der Waals surface area contributed by atoms with E-state index in [0.29, 0.717) is 6.61 Å². The lowest BCUT2D eigenvalue weighted by molar-refractivity contribution is 0.190. The molecule has 0 radical (unpaired) electrons. The first-order chi connectivity index (χ1) is 8.22. The number of aromatic nitrogens is 4. The topological polar surface area (TPSA) is 78.3 Å². The fourth-order valence-corrected chi connectivity index (χ4v) is 1.74. The van der Waals surface area contributed by atoms with Crippen LogP contribution in [0.2, 0.25) is 0 Å². The van der Waals surface area contributed by atoms with Gasteiger partial charge in [-0.1, -0.05) is 0 Å². The van der Waals surface area contributed by atoms with E-state index in [4.69, 9.17) is 10.5 Å². The van der Waals surface area contributed by atoms with E-state index in [2.05, 4.69) is 15.2 Å². The van der Waals surface area contributed by atoms with Crippen LogP contribution in [0.1, 0.15) is 30.4 Å². The summed E-state index contributed by atoms with van der Waals surface area (Å²) in [7, 11) is 1.69. The smallest absolute Gasteiger partial charge is 0.163 e. The molecule has 0 saturated carbocycles. The molecule has 2 heterocycles. The minimum absolute atomic E-state index is 0.135. The Balaban J connectivity index is 2.17. The van der Waals surface area contributed by atoms with Crippen molar-refractivity contribution in [3.8, 4) is 0 Å². The number of hydrogen-bond acceptors (Lipinski definition) is 5. The molecule has 0 aliphatic carbocycles. The van der Waals surface area contributed by atoms with Gasteiger partial charge in [-0.3, -0.25) is 4.40 Å². The summed E-state index contributed by atoms with van der Waals surface area (Å²) in [6.45, 7) is 2.63. The van der Waals surface area contributed by atoms with E-state index in [9.17, 15) is 0 Å². The van der Waals surface area contributed by atoms with Crippen molar-refractivity contribution >= 4 is 5.65 Å². The number of rotatable bonds is 5. The predicted molar refractivity (Wildman–Crippen MR) is 63.6 cm³/mol. The molecule has 0 aliphatic heterocycles. The molecule has 6 nitrogen and oxygen atoms in total. The number of fused-ring (bicyclic) bond motifs is 1. The third-order valence-corrected chi connectivity index (χ3v) is 2.66. The first-order valence-corrected chi connectivity index (χ1v) is 5.64. The van der Waals surface area contributed by atoms with Gasteiger partial charge in [0.1, 0.15) is 6.33 Å². The van der Waals surface area contributed by atoms with E-state index in [1.54, 1.807) is 13.4 Å². The summed E-state index contributed by atoms with van der Waals surface area (Å²) < 4.78 is 6.84. The maximum atomic E-state index is 6.08. The van der Waals surface area contributed by atoms with Crippen LogP contribution in [0.15, 0.2) is 12.4 Å². The zero-order chi connectivity index (χ0) is 12.3. The monoisotopic (exact) mass is 235 g/mol. The van der Waals surface area contributed by atoms with Crippen molar-refractivity contribution in [2.45, 2.75) is 25.8 Å². The molecule has 1 unspecified atom stereocenters. The van der Waals surface area contributed by atoms with Crippen LogP contribution in [0, 0.1) is 6.92 Å². The van der Waals surface area contributed by atoms with Gasteiger partial charge in [0.05, 0.1) is 6.04 Å².